The summed E-state index contributed by atoms with van der Waals surface area (Å²) in [6.07, 6.45) is 0.439. The van der Waals surface area contributed by atoms with Crippen LogP contribution in [0.5, 0.6) is 0 Å². The maximum Gasteiger partial charge on any atom is 0.494 e. The van der Waals surface area contributed by atoms with Crippen LogP contribution in [-0.4, -0.2) is 29.9 Å². The molecule has 0 spiro atoms. The van der Waals surface area contributed by atoms with Gasteiger partial charge in [-0.3, -0.25) is 4.79 Å². The van der Waals surface area contributed by atoms with Gasteiger partial charge in [-0.2, -0.15) is 0 Å². The fourth-order valence-electron chi connectivity index (χ4n) is 2.52. The van der Waals surface area contributed by atoms with Gasteiger partial charge in [-0.05, 0) is 72.0 Å². The van der Waals surface area contributed by atoms with Gasteiger partial charge in [-0.15, -0.1) is 0 Å². The molecule has 1 aromatic carbocycles. The highest BCUT2D eigenvalue weighted by Crippen LogP contribution is 2.36. The first-order valence-corrected chi connectivity index (χ1v) is 8.66. The summed E-state index contributed by atoms with van der Waals surface area (Å²) >= 11 is 0. The van der Waals surface area contributed by atoms with Crippen molar-refractivity contribution in [2.75, 3.05) is 0 Å². The highest BCUT2D eigenvalue weighted by Gasteiger charge is 2.51. The molecule has 25 heavy (non-hydrogen) atoms. The Balaban J connectivity index is 2.03. The van der Waals surface area contributed by atoms with Crippen molar-refractivity contribution in [3.05, 3.63) is 29.6 Å². The van der Waals surface area contributed by atoms with E-state index in [0.717, 1.165) is 0 Å². The summed E-state index contributed by atoms with van der Waals surface area (Å²) in [6.45, 7) is 13.3. The lowest BCUT2D eigenvalue weighted by atomic mass is 9.78. The second-order valence-electron chi connectivity index (χ2n) is 8.53. The number of hydrogen-bond donors (Lipinski definition) is 0. The molecule has 0 aliphatic carbocycles. The third kappa shape index (κ3) is 4.82. The summed E-state index contributed by atoms with van der Waals surface area (Å²) in [6, 6.07) is 4.89. The molecule has 4 nitrogen and oxygen atoms in total. The number of esters is 1. The van der Waals surface area contributed by atoms with Gasteiger partial charge < -0.3 is 14.0 Å². The van der Waals surface area contributed by atoms with Crippen LogP contribution in [0.1, 0.15) is 60.5 Å². The van der Waals surface area contributed by atoms with Gasteiger partial charge in [-0.1, -0.05) is 12.1 Å². The SMILES string of the molecule is CC(C)(C)OC(=O)CCc1ccc(B2OC(C)(C)C(C)(C)O2)cc1F. The Labute approximate surface area is 150 Å². The third-order valence-electron chi connectivity index (χ3n) is 4.62. The second-order valence-corrected chi connectivity index (χ2v) is 8.53. The minimum Gasteiger partial charge on any atom is -0.460 e. The summed E-state index contributed by atoms with van der Waals surface area (Å²) in [5, 5.41) is 0. The van der Waals surface area contributed by atoms with Gasteiger partial charge in [0.2, 0.25) is 0 Å². The van der Waals surface area contributed by atoms with Crippen molar-refractivity contribution < 1.29 is 23.2 Å². The number of hydrogen-bond acceptors (Lipinski definition) is 4. The topological polar surface area (TPSA) is 44.8 Å². The van der Waals surface area contributed by atoms with Gasteiger partial charge in [0.15, 0.2) is 0 Å². The predicted molar refractivity (Wildman–Crippen MR) is 96.3 cm³/mol. The lowest BCUT2D eigenvalue weighted by Gasteiger charge is -2.32. The zero-order chi connectivity index (χ0) is 19.0. The predicted octanol–water partition coefficient (Wildman–Crippen LogP) is 3.40. The highest BCUT2D eigenvalue weighted by atomic mass is 19.1. The van der Waals surface area contributed by atoms with E-state index in [9.17, 15) is 9.18 Å². The highest BCUT2D eigenvalue weighted by molar-refractivity contribution is 6.62. The van der Waals surface area contributed by atoms with Crippen LogP contribution in [0.25, 0.3) is 0 Å². The first-order valence-electron chi connectivity index (χ1n) is 8.66. The van der Waals surface area contributed by atoms with Crippen LogP contribution in [0, 0.1) is 5.82 Å². The van der Waals surface area contributed by atoms with Gasteiger partial charge in [0.1, 0.15) is 11.4 Å². The summed E-state index contributed by atoms with van der Waals surface area (Å²) in [5.41, 5.74) is -0.355. The molecular weight excluding hydrogens is 322 g/mol. The van der Waals surface area contributed by atoms with Crippen molar-refractivity contribution in [1.29, 1.82) is 0 Å². The van der Waals surface area contributed by atoms with E-state index >= 15 is 0 Å². The van der Waals surface area contributed by atoms with E-state index in [1.54, 1.807) is 12.1 Å². The van der Waals surface area contributed by atoms with Crippen molar-refractivity contribution in [1.82, 2.24) is 0 Å². The lowest BCUT2D eigenvalue weighted by Crippen LogP contribution is -2.41. The van der Waals surface area contributed by atoms with Crippen LogP contribution in [0.2, 0.25) is 0 Å². The number of benzene rings is 1. The van der Waals surface area contributed by atoms with Crippen LogP contribution in [0.4, 0.5) is 4.39 Å². The second kappa shape index (κ2) is 6.73. The van der Waals surface area contributed by atoms with Gasteiger partial charge in [0, 0.05) is 6.42 Å². The first-order chi connectivity index (χ1) is 11.3. The summed E-state index contributed by atoms with van der Waals surface area (Å²) in [7, 11) is -0.598. The Kier molecular flexibility index (Phi) is 5.36. The monoisotopic (exact) mass is 350 g/mol. The quantitative estimate of drug-likeness (QED) is 0.617. The number of carbonyl (C=O) groups excluding carboxylic acids is 1. The molecule has 1 aliphatic heterocycles. The molecule has 0 atom stereocenters. The Morgan fingerprint density at radius 1 is 1.16 bits per heavy atom. The average molecular weight is 350 g/mol. The standard InChI is InChI=1S/C19H28BFO4/c1-17(2,3)23-16(22)11-9-13-8-10-14(12-15(13)21)20-24-18(4,5)19(6,7)25-20/h8,10,12H,9,11H2,1-7H3. The van der Waals surface area contributed by atoms with Crippen LogP contribution >= 0.6 is 0 Å². The van der Waals surface area contributed by atoms with E-state index in [0.29, 0.717) is 17.4 Å². The Morgan fingerprint density at radius 2 is 1.72 bits per heavy atom. The summed E-state index contributed by atoms with van der Waals surface area (Å²) < 4.78 is 31.5. The van der Waals surface area contributed by atoms with Crippen molar-refractivity contribution in [2.45, 2.75) is 78.1 Å². The minimum absolute atomic E-state index is 0.143. The molecule has 138 valence electrons. The number of rotatable bonds is 4. The zero-order valence-electron chi connectivity index (χ0n) is 16.2. The molecule has 0 amide bonds. The number of carbonyl (C=O) groups is 1. The molecule has 1 saturated heterocycles. The third-order valence-corrected chi connectivity index (χ3v) is 4.62. The van der Waals surface area contributed by atoms with Crippen molar-refractivity contribution in [3.63, 3.8) is 0 Å². The van der Waals surface area contributed by atoms with E-state index in [-0.39, 0.29) is 18.2 Å². The van der Waals surface area contributed by atoms with E-state index in [1.165, 1.54) is 6.07 Å². The minimum atomic E-state index is -0.598. The normalized spacial score (nSPS) is 19.1. The molecule has 0 bridgehead atoms. The largest absolute Gasteiger partial charge is 0.494 e. The molecule has 0 saturated carbocycles. The smallest absolute Gasteiger partial charge is 0.460 e. The molecule has 1 fully saturated rings. The Hall–Kier alpha value is -1.40. The van der Waals surface area contributed by atoms with Gasteiger partial charge >= 0.3 is 13.1 Å². The van der Waals surface area contributed by atoms with E-state index in [4.69, 9.17) is 14.0 Å². The van der Waals surface area contributed by atoms with E-state index in [2.05, 4.69) is 0 Å². The molecule has 2 rings (SSSR count). The average Bonchev–Trinajstić information content (AvgIpc) is 2.64. The molecule has 6 heteroatoms. The van der Waals surface area contributed by atoms with Crippen molar-refractivity contribution >= 4 is 18.6 Å². The molecule has 0 aromatic heterocycles. The molecule has 1 heterocycles. The van der Waals surface area contributed by atoms with Crippen molar-refractivity contribution in [2.24, 2.45) is 0 Å². The fourth-order valence-corrected chi connectivity index (χ4v) is 2.52. The zero-order valence-corrected chi connectivity index (χ0v) is 16.2. The summed E-state index contributed by atoms with van der Waals surface area (Å²) in [5.74, 6) is -0.697. The summed E-state index contributed by atoms with van der Waals surface area (Å²) in [4.78, 5) is 11.8. The van der Waals surface area contributed by atoms with Gasteiger partial charge in [0.25, 0.3) is 0 Å². The molecule has 0 unspecified atom stereocenters. The van der Waals surface area contributed by atoms with Gasteiger partial charge in [0.05, 0.1) is 11.2 Å². The number of ether oxygens (including phenoxy) is 1. The lowest BCUT2D eigenvalue weighted by molar-refractivity contribution is -0.154. The maximum absolute atomic E-state index is 14.4. The van der Waals surface area contributed by atoms with Crippen LogP contribution in [-0.2, 0) is 25.3 Å². The molecular formula is C19H28BFO4. The van der Waals surface area contributed by atoms with Crippen LogP contribution < -0.4 is 5.46 Å². The van der Waals surface area contributed by atoms with Gasteiger partial charge in [-0.25, -0.2) is 4.39 Å². The van der Waals surface area contributed by atoms with Crippen LogP contribution in [0.3, 0.4) is 0 Å². The fraction of sp³-hybridized carbons (Fsp3) is 0.632. The van der Waals surface area contributed by atoms with Crippen LogP contribution in [0.15, 0.2) is 18.2 Å². The van der Waals surface area contributed by atoms with E-state index < -0.39 is 23.9 Å². The number of halogens is 1. The van der Waals surface area contributed by atoms with Crippen molar-refractivity contribution in [3.8, 4) is 0 Å². The Morgan fingerprint density at radius 3 is 2.20 bits per heavy atom. The Bertz CT molecular complexity index is 633. The van der Waals surface area contributed by atoms with E-state index in [1.807, 2.05) is 48.5 Å². The first kappa shape index (κ1) is 19.9. The maximum atomic E-state index is 14.4. The molecule has 1 aliphatic rings. The number of aryl methyl sites for hydroxylation is 1. The molecule has 0 radical (unpaired) electrons. The molecule has 0 N–H and O–H groups in total. The molecule has 1 aromatic rings.